The molecule has 0 fully saturated rings. The van der Waals surface area contributed by atoms with Gasteiger partial charge in [-0.25, -0.2) is 9.59 Å². The molecule has 0 saturated heterocycles. The number of aliphatic carboxylic acids is 1. The zero-order chi connectivity index (χ0) is 14.7. The number of hydrogen-bond acceptors (Lipinski definition) is 4. The van der Waals surface area contributed by atoms with E-state index in [-0.39, 0.29) is 0 Å². The first-order valence-electron chi connectivity index (χ1n) is 6.62. The number of hydrogen-bond donors (Lipinski definition) is 1. The van der Waals surface area contributed by atoms with E-state index >= 15 is 0 Å². The molecule has 0 spiro atoms. The molecule has 110 valence electrons. The van der Waals surface area contributed by atoms with Gasteiger partial charge in [0, 0.05) is 25.9 Å². The van der Waals surface area contributed by atoms with E-state index in [0.29, 0.717) is 6.61 Å². The van der Waals surface area contributed by atoms with Crippen LogP contribution in [-0.2, 0) is 18.8 Å². The molecule has 0 aromatic heterocycles. The van der Waals surface area contributed by atoms with E-state index < -0.39 is 20.3 Å². The molecular formula is C13H24O5Si. The van der Waals surface area contributed by atoms with Crippen molar-refractivity contribution in [3.05, 3.63) is 12.2 Å². The fourth-order valence-electron chi connectivity index (χ4n) is 1.88. The topological polar surface area (TPSA) is 72.8 Å². The maximum absolute atomic E-state index is 11.6. The molecular weight excluding hydrogens is 264 g/mol. The molecule has 0 aromatic rings. The standard InChI is InChI=1S/C13H24O5Si/c1-4-19(5-2,11-7-6-10-17-3)18-13(16)9-8-12(14)15/h8-9H,4-7,10-11H2,1-3H3,(H,14,15)/b9-8-. The highest BCUT2D eigenvalue weighted by molar-refractivity contribution is 6.75. The number of carbonyl (C=O) groups excluding carboxylic acids is 1. The van der Waals surface area contributed by atoms with Crippen molar-refractivity contribution in [2.24, 2.45) is 0 Å². The maximum atomic E-state index is 11.6. The van der Waals surface area contributed by atoms with Crippen molar-refractivity contribution in [2.45, 2.75) is 44.8 Å². The highest BCUT2D eigenvalue weighted by atomic mass is 28.4. The Morgan fingerprint density at radius 2 is 1.79 bits per heavy atom. The second kappa shape index (κ2) is 9.74. The zero-order valence-electron chi connectivity index (χ0n) is 12.0. The van der Waals surface area contributed by atoms with Crippen molar-refractivity contribution in [3.63, 3.8) is 0 Å². The molecule has 0 radical (unpaired) electrons. The van der Waals surface area contributed by atoms with Gasteiger partial charge >= 0.3 is 11.9 Å². The molecule has 0 bridgehead atoms. The molecule has 0 saturated carbocycles. The highest BCUT2D eigenvalue weighted by Crippen LogP contribution is 2.25. The molecule has 0 aromatic carbocycles. The zero-order valence-corrected chi connectivity index (χ0v) is 13.0. The molecule has 0 amide bonds. The minimum atomic E-state index is -2.08. The van der Waals surface area contributed by atoms with Crippen molar-refractivity contribution in [1.82, 2.24) is 0 Å². The van der Waals surface area contributed by atoms with E-state index in [1.807, 2.05) is 13.8 Å². The van der Waals surface area contributed by atoms with E-state index in [9.17, 15) is 9.59 Å². The molecule has 19 heavy (non-hydrogen) atoms. The Morgan fingerprint density at radius 1 is 1.16 bits per heavy atom. The Morgan fingerprint density at radius 3 is 2.26 bits per heavy atom. The summed E-state index contributed by atoms with van der Waals surface area (Å²) in [6.07, 6.45) is 3.73. The molecule has 0 heterocycles. The predicted octanol–water partition coefficient (Wildman–Crippen LogP) is 2.58. The Balaban J connectivity index is 4.43. The average molecular weight is 288 g/mol. The van der Waals surface area contributed by atoms with Crippen molar-refractivity contribution in [2.75, 3.05) is 13.7 Å². The molecule has 6 heteroatoms. The number of rotatable bonds is 10. The van der Waals surface area contributed by atoms with Crippen LogP contribution >= 0.6 is 0 Å². The summed E-state index contributed by atoms with van der Waals surface area (Å²) in [4.78, 5) is 22.0. The van der Waals surface area contributed by atoms with Crippen LogP contribution in [0.25, 0.3) is 0 Å². The van der Waals surface area contributed by atoms with Crippen LogP contribution in [-0.4, -0.2) is 39.1 Å². The third kappa shape index (κ3) is 7.79. The van der Waals surface area contributed by atoms with Crippen LogP contribution in [0.4, 0.5) is 0 Å². The van der Waals surface area contributed by atoms with Gasteiger partial charge in [-0.15, -0.1) is 0 Å². The van der Waals surface area contributed by atoms with Crippen LogP contribution in [0.5, 0.6) is 0 Å². The monoisotopic (exact) mass is 288 g/mol. The fraction of sp³-hybridized carbons (Fsp3) is 0.692. The first-order chi connectivity index (χ1) is 8.99. The van der Waals surface area contributed by atoms with Gasteiger partial charge in [0.25, 0.3) is 8.32 Å². The Kier molecular flexibility index (Phi) is 9.16. The van der Waals surface area contributed by atoms with Gasteiger partial charge in [-0.3, -0.25) is 0 Å². The number of unbranched alkanes of at least 4 members (excludes halogenated alkanes) is 1. The van der Waals surface area contributed by atoms with E-state index in [1.54, 1.807) is 7.11 Å². The first-order valence-corrected chi connectivity index (χ1v) is 9.15. The Hall–Kier alpha value is -1.14. The van der Waals surface area contributed by atoms with Crippen molar-refractivity contribution >= 4 is 20.3 Å². The van der Waals surface area contributed by atoms with E-state index in [1.165, 1.54) is 0 Å². The van der Waals surface area contributed by atoms with Crippen molar-refractivity contribution < 1.29 is 23.9 Å². The normalized spacial score (nSPS) is 11.7. The van der Waals surface area contributed by atoms with Gasteiger partial charge in [0.1, 0.15) is 0 Å². The van der Waals surface area contributed by atoms with Gasteiger partial charge in [0.2, 0.25) is 0 Å². The molecule has 0 unspecified atom stereocenters. The van der Waals surface area contributed by atoms with Crippen LogP contribution in [0.1, 0.15) is 26.7 Å². The maximum Gasteiger partial charge on any atom is 0.328 e. The van der Waals surface area contributed by atoms with Gasteiger partial charge in [0.05, 0.1) is 0 Å². The van der Waals surface area contributed by atoms with E-state index in [4.69, 9.17) is 14.3 Å². The van der Waals surface area contributed by atoms with E-state index in [0.717, 1.165) is 43.1 Å². The molecule has 0 aliphatic heterocycles. The van der Waals surface area contributed by atoms with Gasteiger partial charge < -0.3 is 14.3 Å². The quantitative estimate of drug-likeness (QED) is 0.380. The van der Waals surface area contributed by atoms with Crippen molar-refractivity contribution in [1.29, 1.82) is 0 Å². The van der Waals surface area contributed by atoms with Crippen LogP contribution in [0.15, 0.2) is 12.2 Å². The van der Waals surface area contributed by atoms with Gasteiger partial charge in [-0.1, -0.05) is 20.3 Å². The van der Waals surface area contributed by atoms with Crippen molar-refractivity contribution in [3.8, 4) is 0 Å². The number of methoxy groups -OCH3 is 1. The summed E-state index contributed by atoms with van der Waals surface area (Å²) < 4.78 is 10.6. The minimum absolute atomic E-state index is 0.537. The molecule has 0 aliphatic rings. The summed E-state index contributed by atoms with van der Waals surface area (Å²) in [6, 6.07) is 2.60. The van der Waals surface area contributed by atoms with Crippen LogP contribution in [0, 0.1) is 0 Å². The third-order valence-electron chi connectivity index (χ3n) is 3.20. The van der Waals surface area contributed by atoms with Crippen LogP contribution in [0.3, 0.4) is 0 Å². The SMILES string of the molecule is CC[Si](CC)(CCCCOC)OC(=O)/C=C\C(=O)O. The lowest BCUT2D eigenvalue weighted by Gasteiger charge is -2.28. The predicted molar refractivity (Wildman–Crippen MR) is 75.5 cm³/mol. The molecule has 5 nitrogen and oxygen atoms in total. The fourth-order valence-corrected chi connectivity index (χ4v) is 4.87. The minimum Gasteiger partial charge on any atom is -0.516 e. The molecule has 0 aliphatic carbocycles. The largest absolute Gasteiger partial charge is 0.516 e. The summed E-state index contributed by atoms with van der Waals surface area (Å²) in [6.45, 7) is 4.77. The van der Waals surface area contributed by atoms with Gasteiger partial charge in [0.15, 0.2) is 0 Å². The number of carbonyl (C=O) groups is 2. The lowest BCUT2D eigenvalue weighted by atomic mass is 10.4. The smallest absolute Gasteiger partial charge is 0.328 e. The Labute approximate surface area is 115 Å². The molecule has 0 atom stereocenters. The van der Waals surface area contributed by atoms with Gasteiger partial charge in [-0.2, -0.15) is 0 Å². The summed E-state index contributed by atoms with van der Waals surface area (Å²) in [5.41, 5.74) is 0. The third-order valence-corrected chi connectivity index (χ3v) is 7.67. The lowest BCUT2D eigenvalue weighted by molar-refractivity contribution is -0.133. The van der Waals surface area contributed by atoms with E-state index in [2.05, 4.69) is 0 Å². The highest BCUT2D eigenvalue weighted by Gasteiger charge is 2.33. The van der Waals surface area contributed by atoms with Crippen LogP contribution < -0.4 is 0 Å². The van der Waals surface area contributed by atoms with Gasteiger partial charge in [-0.05, 0) is 24.6 Å². The second-order valence-corrected chi connectivity index (χ2v) is 8.92. The number of ether oxygens (including phenoxy) is 1. The first kappa shape index (κ1) is 17.9. The number of carboxylic acids is 1. The average Bonchev–Trinajstić information content (AvgIpc) is 2.40. The summed E-state index contributed by atoms with van der Waals surface area (Å²) >= 11 is 0. The van der Waals surface area contributed by atoms with Crippen LogP contribution in [0.2, 0.25) is 18.1 Å². The molecule has 1 N–H and O–H groups in total. The lowest BCUT2D eigenvalue weighted by Crippen LogP contribution is -2.38. The second-order valence-electron chi connectivity index (χ2n) is 4.43. The number of carboxylic acid groups (broad SMARTS) is 1. The molecule has 0 rings (SSSR count). The Bertz CT molecular complexity index is 310. The summed E-state index contributed by atoms with van der Waals surface area (Å²) in [5.74, 6) is -1.68. The summed E-state index contributed by atoms with van der Waals surface area (Å²) in [5, 5.41) is 8.48. The summed E-state index contributed by atoms with van der Waals surface area (Å²) in [7, 11) is -0.410.